The summed E-state index contributed by atoms with van der Waals surface area (Å²) in [5.41, 5.74) is 1.83. The topological polar surface area (TPSA) is 108 Å². The summed E-state index contributed by atoms with van der Waals surface area (Å²) in [5, 5.41) is 9.00. The molecule has 0 aliphatic carbocycles. The van der Waals surface area contributed by atoms with Gasteiger partial charge < -0.3 is 19.3 Å². The number of carbonyl (C=O) groups excluding carboxylic acids is 1. The number of hydrogen-bond acceptors (Lipinski definition) is 7. The maximum absolute atomic E-state index is 14.0. The number of carboxylic acids is 1. The van der Waals surface area contributed by atoms with E-state index in [-0.39, 0.29) is 37.0 Å². The minimum Gasteiger partial charge on any atom is -0.483 e. The highest BCUT2D eigenvalue weighted by molar-refractivity contribution is 5.90. The Bertz CT molecular complexity index is 1450. The van der Waals surface area contributed by atoms with Gasteiger partial charge in [0.2, 0.25) is 0 Å². The van der Waals surface area contributed by atoms with Crippen LogP contribution in [0.3, 0.4) is 0 Å². The molecule has 0 spiro atoms. The van der Waals surface area contributed by atoms with Gasteiger partial charge in [0.05, 0.1) is 6.61 Å². The lowest BCUT2D eigenvalue weighted by atomic mass is 10.2. The molecule has 0 amide bonds. The third-order valence-electron chi connectivity index (χ3n) is 5.23. The molecular weight excluding hydrogens is 522 g/mol. The van der Waals surface area contributed by atoms with Crippen LogP contribution < -0.4 is 9.47 Å². The van der Waals surface area contributed by atoms with Gasteiger partial charge in [-0.3, -0.25) is 0 Å². The maximum Gasteiger partial charge on any atom is 0.360 e. The number of halogens is 2. The van der Waals surface area contributed by atoms with Crippen molar-refractivity contribution in [2.45, 2.75) is 34.0 Å². The molecule has 0 saturated carbocycles. The molecule has 0 unspecified atom stereocenters. The highest BCUT2D eigenvalue weighted by Gasteiger charge is 2.21. The highest BCUT2D eigenvalue weighted by Crippen LogP contribution is 2.25. The second-order valence-electron chi connectivity index (χ2n) is 8.42. The molecule has 1 N–H and O–H groups in total. The molecular formula is C30H28F2N2O6. The largest absolute Gasteiger partial charge is 0.483 e. The molecule has 8 nitrogen and oxygen atoms in total. The summed E-state index contributed by atoms with van der Waals surface area (Å²) in [6.45, 7) is 5.23. The summed E-state index contributed by atoms with van der Waals surface area (Å²) in [6.07, 6.45) is 0. The first kappa shape index (κ1) is 29.7. The van der Waals surface area contributed by atoms with Gasteiger partial charge in [0.15, 0.2) is 34.5 Å². The number of nitrogens with zero attached hydrogens (tertiary/aromatic N) is 2. The molecule has 0 fully saturated rings. The Kier molecular flexibility index (Phi) is 10.6. The Morgan fingerprint density at radius 1 is 0.750 bits per heavy atom. The average Bonchev–Trinajstić information content (AvgIpc) is 2.93. The third-order valence-corrected chi connectivity index (χ3v) is 5.23. The standard InChI is InChI=1S/C16H16FNO3.C14H12FNO3/c1-3-20-16(19)14-15(13(17)9-11(2)18-14)21-10-12-7-5-4-6-8-12;1-9-7-11(15)13(12(16-9)14(17)18)19-8-10-5-3-2-4-6-10/h4-9H,3,10H2,1-2H3;2-7H,8H2,1H3,(H,17,18). The molecule has 4 rings (SSSR count). The zero-order valence-corrected chi connectivity index (χ0v) is 22.2. The molecule has 2 aromatic carbocycles. The second kappa shape index (κ2) is 14.3. The van der Waals surface area contributed by atoms with Crippen molar-refractivity contribution >= 4 is 11.9 Å². The monoisotopic (exact) mass is 550 g/mol. The van der Waals surface area contributed by atoms with Crippen molar-refractivity contribution in [3.8, 4) is 11.5 Å². The molecule has 0 aliphatic heterocycles. The van der Waals surface area contributed by atoms with E-state index in [9.17, 15) is 18.4 Å². The van der Waals surface area contributed by atoms with Crippen LogP contribution in [0.5, 0.6) is 11.5 Å². The summed E-state index contributed by atoms with van der Waals surface area (Å²) in [6, 6.07) is 20.8. The second-order valence-corrected chi connectivity index (χ2v) is 8.42. The molecule has 4 aromatic rings. The zero-order chi connectivity index (χ0) is 29.1. The number of hydrogen-bond donors (Lipinski definition) is 1. The highest BCUT2D eigenvalue weighted by atomic mass is 19.1. The lowest BCUT2D eigenvalue weighted by Gasteiger charge is -2.12. The molecule has 40 heavy (non-hydrogen) atoms. The fourth-order valence-electron chi connectivity index (χ4n) is 3.46. The van der Waals surface area contributed by atoms with Gasteiger partial charge in [0.1, 0.15) is 13.2 Å². The van der Waals surface area contributed by atoms with Crippen LogP contribution >= 0.6 is 0 Å². The Labute approximate surface area is 230 Å². The van der Waals surface area contributed by atoms with E-state index in [4.69, 9.17) is 19.3 Å². The Morgan fingerprint density at radius 2 is 1.18 bits per heavy atom. The number of aryl methyl sites for hydroxylation is 2. The first-order valence-electron chi connectivity index (χ1n) is 12.3. The van der Waals surface area contributed by atoms with Gasteiger partial charge in [-0.1, -0.05) is 60.7 Å². The lowest BCUT2D eigenvalue weighted by Crippen LogP contribution is -2.12. The number of benzene rings is 2. The van der Waals surface area contributed by atoms with E-state index in [1.165, 1.54) is 13.0 Å². The Balaban J connectivity index is 0.000000222. The van der Waals surface area contributed by atoms with Gasteiger partial charge in [-0.15, -0.1) is 0 Å². The predicted octanol–water partition coefficient (Wildman–Crippen LogP) is 6.09. The number of ether oxygens (including phenoxy) is 3. The predicted molar refractivity (Wildman–Crippen MR) is 142 cm³/mol. The third kappa shape index (κ3) is 8.32. The van der Waals surface area contributed by atoms with Crippen LogP contribution in [0.4, 0.5) is 8.78 Å². The van der Waals surface area contributed by atoms with E-state index in [0.717, 1.165) is 17.2 Å². The molecule has 10 heteroatoms. The van der Waals surface area contributed by atoms with E-state index in [1.54, 1.807) is 26.0 Å². The van der Waals surface area contributed by atoms with Crippen LogP contribution in [0.15, 0.2) is 72.8 Å². The molecule has 0 aliphatic rings. The van der Waals surface area contributed by atoms with E-state index in [0.29, 0.717) is 11.4 Å². The fourth-order valence-corrected chi connectivity index (χ4v) is 3.46. The maximum atomic E-state index is 14.0. The SMILES string of the molecule is CCOC(=O)c1nc(C)cc(F)c1OCc1ccccc1.Cc1cc(F)c(OCc2ccccc2)c(C(=O)O)n1. The minimum absolute atomic E-state index is 0.0861. The van der Waals surface area contributed by atoms with E-state index < -0.39 is 29.3 Å². The molecule has 0 radical (unpaired) electrons. The molecule has 0 bridgehead atoms. The van der Waals surface area contributed by atoms with Crippen molar-refractivity contribution in [2.75, 3.05) is 6.61 Å². The van der Waals surface area contributed by atoms with Crippen LogP contribution in [-0.4, -0.2) is 33.6 Å². The summed E-state index contributed by atoms with van der Waals surface area (Å²) < 4.78 is 43.4. The molecule has 0 saturated heterocycles. The number of rotatable bonds is 9. The van der Waals surface area contributed by atoms with E-state index in [2.05, 4.69) is 9.97 Å². The van der Waals surface area contributed by atoms with Crippen LogP contribution in [0.25, 0.3) is 0 Å². The number of pyridine rings is 2. The Morgan fingerprint density at radius 3 is 1.60 bits per heavy atom. The Hall–Kier alpha value is -4.86. The molecule has 2 aromatic heterocycles. The quantitative estimate of drug-likeness (QED) is 0.250. The van der Waals surface area contributed by atoms with Crippen LogP contribution in [0.2, 0.25) is 0 Å². The van der Waals surface area contributed by atoms with Gasteiger partial charge >= 0.3 is 11.9 Å². The van der Waals surface area contributed by atoms with E-state index in [1.807, 2.05) is 48.5 Å². The molecule has 0 atom stereocenters. The summed E-state index contributed by atoms with van der Waals surface area (Å²) >= 11 is 0. The van der Waals surface area contributed by atoms with Gasteiger partial charge in [-0.05, 0) is 44.0 Å². The molecule has 2 heterocycles. The zero-order valence-electron chi connectivity index (χ0n) is 22.2. The normalized spacial score (nSPS) is 10.2. The van der Waals surface area contributed by atoms with Crippen molar-refractivity contribution in [2.24, 2.45) is 0 Å². The number of carboxylic acid groups (broad SMARTS) is 1. The summed E-state index contributed by atoms with van der Waals surface area (Å²) in [5.74, 6) is -3.86. The van der Waals surface area contributed by atoms with Gasteiger partial charge in [-0.25, -0.2) is 28.3 Å². The van der Waals surface area contributed by atoms with Gasteiger partial charge in [0.25, 0.3) is 0 Å². The van der Waals surface area contributed by atoms with Crippen LogP contribution in [0, 0.1) is 25.5 Å². The first-order chi connectivity index (χ1) is 19.2. The number of esters is 1. The first-order valence-corrected chi connectivity index (χ1v) is 12.3. The van der Waals surface area contributed by atoms with Crippen LogP contribution in [0.1, 0.15) is 50.4 Å². The van der Waals surface area contributed by atoms with Crippen LogP contribution in [-0.2, 0) is 18.0 Å². The number of carbonyl (C=O) groups is 2. The fraction of sp³-hybridized carbons (Fsp3) is 0.200. The lowest BCUT2D eigenvalue weighted by molar-refractivity contribution is 0.0511. The average molecular weight is 551 g/mol. The van der Waals surface area contributed by atoms with Crippen molar-refractivity contribution in [1.29, 1.82) is 0 Å². The summed E-state index contributed by atoms with van der Waals surface area (Å²) in [7, 11) is 0. The van der Waals surface area contributed by atoms with Crippen molar-refractivity contribution in [1.82, 2.24) is 9.97 Å². The minimum atomic E-state index is -1.31. The number of aromatic carboxylic acids is 1. The summed E-state index contributed by atoms with van der Waals surface area (Å²) in [4.78, 5) is 30.7. The van der Waals surface area contributed by atoms with Crippen molar-refractivity contribution < 1.29 is 37.7 Å². The van der Waals surface area contributed by atoms with Gasteiger partial charge in [0, 0.05) is 11.4 Å². The van der Waals surface area contributed by atoms with E-state index >= 15 is 0 Å². The van der Waals surface area contributed by atoms with Crippen molar-refractivity contribution in [3.63, 3.8) is 0 Å². The smallest absolute Gasteiger partial charge is 0.360 e. The van der Waals surface area contributed by atoms with Crippen molar-refractivity contribution in [3.05, 3.63) is 118 Å². The van der Waals surface area contributed by atoms with Gasteiger partial charge in [-0.2, -0.15) is 0 Å². The molecule has 208 valence electrons. The number of aromatic nitrogens is 2.